The van der Waals surface area contributed by atoms with Gasteiger partial charge in [-0.25, -0.2) is 0 Å². The van der Waals surface area contributed by atoms with Crippen LogP contribution in [0.15, 0.2) is 121 Å². The van der Waals surface area contributed by atoms with Crippen LogP contribution in [0.25, 0.3) is 43.1 Å². The molecule has 0 saturated heterocycles. The minimum absolute atomic E-state index is 0.261. The third-order valence-electron chi connectivity index (χ3n) is 9.37. The summed E-state index contributed by atoms with van der Waals surface area (Å²) in [4.78, 5) is 0. The summed E-state index contributed by atoms with van der Waals surface area (Å²) in [5, 5.41) is 9.50. The Balaban J connectivity index is 1.34. The first-order chi connectivity index (χ1) is 20.8. The summed E-state index contributed by atoms with van der Waals surface area (Å²) < 4.78 is 0. The van der Waals surface area contributed by atoms with E-state index in [1.807, 2.05) is 0 Å². The summed E-state index contributed by atoms with van der Waals surface area (Å²) in [6, 6.07) is 43.9. The Kier molecular flexibility index (Phi) is 5.63. The van der Waals surface area contributed by atoms with E-state index in [1.54, 1.807) is 0 Å². The molecule has 0 heteroatoms. The molecule has 8 rings (SSSR count). The van der Waals surface area contributed by atoms with Crippen molar-refractivity contribution in [3.63, 3.8) is 0 Å². The maximum atomic E-state index is 6.23. The molecule has 0 N–H and O–H groups in total. The predicted molar refractivity (Wildman–Crippen MR) is 178 cm³/mol. The number of rotatable bonds is 2. The van der Waals surface area contributed by atoms with Crippen LogP contribution in [-0.4, -0.2) is 0 Å². The van der Waals surface area contributed by atoms with Gasteiger partial charge in [0.1, 0.15) is 0 Å². The SMILES string of the molecule is C#Cc1c2ccccc2cc2cccc(C3CCC(c4cccc5cc6ccccc6c(C#C)c45)c4ccccc43)c12. The average molecular weight is 533 g/mol. The molecular formula is C42H28. The van der Waals surface area contributed by atoms with Crippen molar-refractivity contribution in [2.24, 2.45) is 0 Å². The van der Waals surface area contributed by atoms with E-state index in [0.29, 0.717) is 0 Å². The molecule has 1 aliphatic carbocycles. The first kappa shape index (κ1) is 24.5. The molecule has 196 valence electrons. The highest BCUT2D eigenvalue weighted by molar-refractivity contribution is 6.07. The molecule has 0 bridgehead atoms. The van der Waals surface area contributed by atoms with Crippen LogP contribution < -0.4 is 0 Å². The van der Waals surface area contributed by atoms with Gasteiger partial charge in [0.25, 0.3) is 0 Å². The van der Waals surface area contributed by atoms with Crippen molar-refractivity contribution in [2.45, 2.75) is 24.7 Å². The molecule has 0 radical (unpaired) electrons. The Labute approximate surface area is 246 Å². The molecule has 2 atom stereocenters. The van der Waals surface area contributed by atoms with Crippen molar-refractivity contribution in [3.05, 3.63) is 155 Å². The molecule has 0 aromatic heterocycles. The van der Waals surface area contributed by atoms with E-state index >= 15 is 0 Å². The molecule has 0 spiro atoms. The van der Waals surface area contributed by atoms with Gasteiger partial charge in [0.2, 0.25) is 0 Å². The summed E-state index contributed by atoms with van der Waals surface area (Å²) in [7, 11) is 0. The first-order valence-corrected chi connectivity index (χ1v) is 14.7. The van der Waals surface area contributed by atoms with Crippen LogP contribution in [0.5, 0.6) is 0 Å². The number of hydrogen-bond acceptors (Lipinski definition) is 0. The summed E-state index contributed by atoms with van der Waals surface area (Å²) in [5.74, 6) is 6.68. The summed E-state index contributed by atoms with van der Waals surface area (Å²) >= 11 is 0. The molecular weight excluding hydrogens is 504 g/mol. The van der Waals surface area contributed by atoms with Gasteiger partial charge in [-0.05, 0) is 79.5 Å². The molecule has 2 unspecified atom stereocenters. The van der Waals surface area contributed by atoms with Crippen LogP contribution in [0.1, 0.15) is 58.1 Å². The Morgan fingerprint density at radius 2 is 0.810 bits per heavy atom. The van der Waals surface area contributed by atoms with E-state index in [-0.39, 0.29) is 11.8 Å². The Hall–Kier alpha value is -5.30. The third kappa shape index (κ3) is 3.59. The van der Waals surface area contributed by atoms with E-state index in [2.05, 4.69) is 133 Å². The van der Waals surface area contributed by atoms with E-state index in [1.165, 1.54) is 54.6 Å². The molecule has 0 nitrogen and oxygen atoms in total. The lowest BCUT2D eigenvalue weighted by Crippen LogP contribution is -2.17. The predicted octanol–water partition coefficient (Wildman–Crippen LogP) is 10.3. The van der Waals surface area contributed by atoms with Gasteiger partial charge in [-0.3, -0.25) is 0 Å². The summed E-state index contributed by atoms with van der Waals surface area (Å²) in [6.07, 6.45) is 14.5. The zero-order valence-corrected chi connectivity index (χ0v) is 23.3. The van der Waals surface area contributed by atoms with Gasteiger partial charge in [-0.2, -0.15) is 0 Å². The van der Waals surface area contributed by atoms with E-state index in [4.69, 9.17) is 12.8 Å². The highest BCUT2D eigenvalue weighted by Crippen LogP contribution is 2.49. The number of hydrogen-bond donors (Lipinski definition) is 0. The van der Waals surface area contributed by atoms with Crippen molar-refractivity contribution in [1.82, 2.24) is 0 Å². The van der Waals surface area contributed by atoms with Gasteiger partial charge in [0.15, 0.2) is 0 Å². The van der Waals surface area contributed by atoms with Crippen LogP contribution in [0, 0.1) is 24.7 Å². The fraction of sp³-hybridized carbons (Fsp3) is 0.0952. The van der Waals surface area contributed by atoms with E-state index in [9.17, 15) is 0 Å². The van der Waals surface area contributed by atoms with Crippen molar-refractivity contribution < 1.29 is 0 Å². The van der Waals surface area contributed by atoms with Gasteiger partial charge >= 0.3 is 0 Å². The number of benzene rings is 7. The monoisotopic (exact) mass is 532 g/mol. The maximum Gasteiger partial charge on any atom is 0.0402 e. The molecule has 0 aliphatic heterocycles. The van der Waals surface area contributed by atoms with Gasteiger partial charge in [-0.15, -0.1) is 12.8 Å². The van der Waals surface area contributed by atoms with E-state index < -0.39 is 0 Å². The van der Waals surface area contributed by atoms with E-state index in [0.717, 1.165) is 34.7 Å². The molecule has 7 aromatic carbocycles. The minimum Gasteiger partial charge on any atom is -0.115 e. The van der Waals surface area contributed by atoms with Crippen LogP contribution in [-0.2, 0) is 0 Å². The Morgan fingerprint density at radius 3 is 1.26 bits per heavy atom. The van der Waals surface area contributed by atoms with Crippen molar-refractivity contribution in [3.8, 4) is 24.7 Å². The fourth-order valence-corrected chi connectivity index (χ4v) is 7.62. The zero-order chi connectivity index (χ0) is 28.2. The number of fused-ring (bicyclic) bond motifs is 5. The van der Waals surface area contributed by atoms with Crippen molar-refractivity contribution in [1.29, 1.82) is 0 Å². The topological polar surface area (TPSA) is 0 Å². The van der Waals surface area contributed by atoms with Gasteiger partial charge in [0, 0.05) is 33.7 Å². The van der Waals surface area contributed by atoms with Crippen molar-refractivity contribution in [2.75, 3.05) is 0 Å². The maximum absolute atomic E-state index is 6.23. The standard InChI is InChI=1S/C42H28/c1-3-31-33-17-7-5-13-27(33)25-29-15-11-21-39(41(29)31)37-23-24-38(36-20-10-9-19-35(36)37)40-22-12-16-30-26-28-14-6-8-18-34(28)32(4-2)42(30)40/h1-2,5-22,25-26,37-38H,23-24H2. The lowest BCUT2D eigenvalue weighted by atomic mass is 9.70. The molecule has 0 fully saturated rings. The molecule has 42 heavy (non-hydrogen) atoms. The summed E-state index contributed by atoms with van der Waals surface area (Å²) in [5.41, 5.74) is 7.42. The first-order valence-electron chi connectivity index (χ1n) is 14.7. The Morgan fingerprint density at radius 1 is 0.429 bits per heavy atom. The highest BCUT2D eigenvalue weighted by atomic mass is 14.3. The lowest BCUT2D eigenvalue weighted by Gasteiger charge is -2.34. The second-order valence-corrected chi connectivity index (χ2v) is 11.4. The minimum atomic E-state index is 0.261. The Bertz CT molecular complexity index is 2120. The van der Waals surface area contributed by atoms with Gasteiger partial charge in [0.05, 0.1) is 0 Å². The van der Waals surface area contributed by atoms with Crippen LogP contribution in [0.2, 0.25) is 0 Å². The molecule has 0 amide bonds. The zero-order valence-electron chi connectivity index (χ0n) is 23.3. The van der Waals surface area contributed by atoms with Crippen LogP contribution >= 0.6 is 0 Å². The molecule has 0 heterocycles. The molecule has 0 saturated carbocycles. The normalized spacial score (nSPS) is 16.3. The third-order valence-corrected chi connectivity index (χ3v) is 9.37. The van der Waals surface area contributed by atoms with Gasteiger partial charge in [-0.1, -0.05) is 121 Å². The molecule has 7 aromatic rings. The van der Waals surface area contributed by atoms with Gasteiger partial charge < -0.3 is 0 Å². The summed E-state index contributed by atoms with van der Waals surface area (Å²) in [6.45, 7) is 0. The lowest BCUT2D eigenvalue weighted by molar-refractivity contribution is 0.569. The average Bonchev–Trinajstić information content (AvgIpc) is 3.05. The quantitative estimate of drug-likeness (QED) is 0.153. The smallest absolute Gasteiger partial charge is 0.0402 e. The second kappa shape index (κ2) is 9.66. The highest BCUT2D eigenvalue weighted by Gasteiger charge is 2.31. The van der Waals surface area contributed by atoms with Crippen molar-refractivity contribution >= 4 is 43.1 Å². The fourth-order valence-electron chi connectivity index (χ4n) is 7.62. The number of terminal acetylenes is 2. The van der Waals surface area contributed by atoms with Crippen LogP contribution in [0.3, 0.4) is 0 Å². The second-order valence-electron chi connectivity index (χ2n) is 11.4. The van der Waals surface area contributed by atoms with Crippen LogP contribution in [0.4, 0.5) is 0 Å². The molecule has 1 aliphatic rings. The largest absolute Gasteiger partial charge is 0.115 e.